The van der Waals surface area contributed by atoms with Crippen LogP contribution in [0.2, 0.25) is 0 Å². The van der Waals surface area contributed by atoms with E-state index in [2.05, 4.69) is 147 Å². The monoisotopic (exact) mass is 620 g/mol. The van der Waals surface area contributed by atoms with Gasteiger partial charge in [-0.05, 0) is 83.7 Å². The lowest BCUT2D eigenvalue weighted by atomic mass is 9.53. The lowest BCUT2D eigenvalue weighted by Gasteiger charge is -2.23. The van der Waals surface area contributed by atoms with Crippen molar-refractivity contribution in [1.82, 2.24) is 9.80 Å². The lowest BCUT2D eigenvalue weighted by Crippen LogP contribution is -2.48. The summed E-state index contributed by atoms with van der Waals surface area (Å²) >= 11 is 0. The molecule has 0 fully saturated rings. The number of hydrogen-bond acceptors (Lipinski definition) is 5. The molecule has 5 nitrogen and oxygen atoms in total. The summed E-state index contributed by atoms with van der Waals surface area (Å²) in [5.74, 6) is 1.51. The highest BCUT2D eigenvalue weighted by molar-refractivity contribution is 6.83. The average Bonchev–Trinajstić information content (AvgIpc) is 3.09. The standard InChI is InChI=1S/C40H42B2N2O3/c1-43(2)27-29-45-41(35-23-13-17-31-15-5-7-19-33(31)35)37-21-9-11-25-39(37)47-40-26-12-10-22-38(40)42(46-30-28-44(3)4)36-24-14-18-32-16-6-8-20-34(32)36/h5-26H,27-30H2,1-4H3. The van der Waals surface area contributed by atoms with Crippen LogP contribution in [0.5, 0.6) is 11.5 Å². The highest BCUT2D eigenvalue weighted by Crippen LogP contribution is 2.22. The molecule has 0 saturated heterocycles. The van der Waals surface area contributed by atoms with Crippen molar-refractivity contribution >= 4 is 57.2 Å². The van der Waals surface area contributed by atoms with Gasteiger partial charge in [0.05, 0.1) is 0 Å². The second-order valence-corrected chi connectivity index (χ2v) is 12.4. The number of rotatable bonds is 14. The van der Waals surface area contributed by atoms with Crippen LogP contribution in [0.25, 0.3) is 21.5 Å². The van der Waals surface area contributed by atoms with Gasteiger partial charge in [0, 0.05) is 26.3 Å². The molecule has 0 aliphatic carbocycles. The molecule has 6 aromatic carbocycles. The highest BCUT2D eigenvalue weighted by Gasteiger charge is 2.30. The molecule has 0 aliphatic rings. The molecule has 0 N–H and O–H groups in total. The van der Waals surface area contributed by atoms with Crippen molar-refractivity contribution in [3.63, 3.8) is 0 Å². The van der Waals surface area contributed by atoms with Crippen LogP contribution in [0.4, 0.5) is 0 Å². The van der Waals surface area contributed by atoms with Gasteiger partial charge in [0.2, 0.25) is 0 Å². The van der Waals surface area contributed by atoms with Crippen LogP contribution in [0.3, 0.4) is 0 Å². The predicted octanol–water partition coefficient (Wildman–Crippen LogP) is 5.15. The minimum atomic E-state index is -0.324. The van der Waals surface area contributed by atoms with Gasteiger partial charge in [-0.3, -0.25) is 0 Å². The molecule has 0 saturated carbocycles. The van der Waals surface area contributed by atoms with E-state index >= 15 is 0 Å². The molecular formula is C40H42B2N2O3. The van der Waals surface area contributed by atoms with Crippen molar-refractivity contribution < 1.29 is 14.0 Å². The smallest absolute Gasteiger partial charge is 0.366 e. The molecule has 0 aromatic heterocycles. The summed E-state index contributed by atoms with van der Waals surface area (Å²) in [5.41, 5.74) is 4.19. The Morgan fingerprint density at radius 1 is 0.426 bits per heavy atom. The van der Waals surface area contributed by atoms with Crippen LogP contribution >= 0.6 is 0 Å². The lowest BCUT2D eigenvalue weighted by molar-refractivity contribution is 0.269. The van der Waals surface area contributed by atoms with Crippen LogP contribution in [-0.4, -0.2) is 78.1 Å². The SMILES string of the molecule is CN(C)CCOB(c1ccccc1Oc1ccccc1B(OCCN(C)C)c1cccc2ccccc12)c1cccc2ccccc12. The Morgan fingerprint density at radius 3 is 1.23 bits per heavy atom. The fourth-order valence-corrected chi connectivity index (χ4v) is 6.06. The molecule has 0 bridgehead atoms. The van der Waals surface area contributed by atoms with Crippen molar-refractivity contribution in [2.45, 2.75) is 0 Å². The zero-order chi connectivity index (χ0) is 32.6. The summed E-state index contributed by atoms with van der Waals surface area (Å²) in [6.45, 7) is 2.13. The van der Waals surface area contributed by atoms with Gasteiger partial charge in [-0.1, -0.05) is 121 Å². The maximum absolute atomic E-state index is 6.94. The molecule has 0 atom stereocenters. The van der Waals surface area contributed by atoms with Gasteiger partial charge < -0.3 is 23.8 Å². The maximum atomic E-state index is 6.94. The Bertz CT molecular complexity index is 1780. The van der Waals surface area contributed by atoms with Gasteiger partial charge in [0.1, 0.15) is 11.5 Å². The quantitative estimate of drug-likeness (QED) is 0.158. The Balaban J connectivity index is 1.42. The van der Waals surface area contributed by atoms with Crippen molar-refractivity contribution in [3.05, 3.63) is 133 Å². The summed E-state index contributed by atoms with van der Waals surface area (Å²) in [7, 11) is 8.27. The largest absolute Gasteiger partial charge is 0.458 e. The number of benzene rings is 6. The van der Waals surface area contributed by atoms with E-state index in [1.54, 1.807) is 0 Å². The van der Waals surface area contributed by atoms with E-state index < -0.39 is 0 Å². The van der Waals surface area contributed by atoms with Gasteiger partial charge in [0.25, 0.3) is 0 Å². The summed E-state index contributed by atoms with van der Waals surface area (Å²) in [6, 6.07) is 46.3. The number of hydrogen-bond donors (Lipinski definition) is 0. The van der Waals surface area contributed by atoms with E-state index in [0.717, 1.165) is 46.4 Å². The Hall–Kier alpha value is -4.39. The average molecular weight is 620 g/mol. The van der Waals surface area contributed by atoms with Crippen LogP contribution in [0, 0.1) is 0 Å². The van der Waals surface area contributed by atoms with E-state index in [1.807, 2.05) is 24.3 Å². The fourth-order valence-electron chi connectivity index (χ4n) is 6.06. The third kappa shape index (κ3) is 7.78. The van der Waals surface area contributed by atoms with E-state index in [-0.39, 0.29) is 13.8 Å². The van der Waals surface area contributed by atoms with Crippen molar-refractivity contribution in [1.29, 1.82) is 0 Å². The minimum Gasteiger partial charge on any atom is -0.458 e. The molecule has 0 radical (unpaired) electrons. The van der Waals surface area contributed by atoms with Crippen molar-refractivity contribution in [2.75, 3.05) is 54.5 Å². The fraction of sp³-hybridized carbons (Fsp3) is 0.200. The van der Waals surface area contributed by atoms with Gasteiger partial charge in [-0.2, -0.15) is 0 Å². The van der Waals surface area contributed by atoms with Crippen LogP contribution in [0.1, 0.15) is 0 Å². The highest BCUT2D eigenvalue weighted by atomic mass is 16.5. The zero-order valence-electron chi connectivity index (χ0n) is 27.8. The molecule has 0 spiro atoms. The second kappa shape index (κ2) is 15.5. The number of para-hydroxylation sites is 2. The second-order valence-electron chi connectivity index (χ2n) is 12.4. The number of fused-ring (bicyclic) bond motifs is 2. The Kier molecular flexibility index (Phi) is 10.7. The molecule has 0 aliphatic heterocycles. The molecular weight excluding hydrogens is 578 g/mol. The summed E-state index contributed by atoms with van der Waals surface area (Å²) in [5, 5.41) is 4.71. The molecule has 6 rings (SSSR count). The third-order valence-electron chi connectivity index (χ3n) is 8.48. The van der Waals surface area contributed by atoms with Gasteiger partial charge in [0.15, 0.2) is 0 Å². The number of ether oxygens (including phenoxy) is 1. The topological polar surface area (TPSA) is 34.2 Å². The molecule has 6 aromatic rings. The van der Waals surface area contributed by atoms with Gasteiger partial charge >= 0.3 is 13.8 Å². The maximum Gasteiger partial charge on any atom is 0.366 e. The van der Waals surface area contributed by atoms with Crippen molar-refractivity contribution in [3.8, 4) is 11.5 Å². The number of nitrogens with zero attached hydrogens (tertiary/aromatic N) is 2. The van der Waals surface area contributed by atoms with Crippen molar-refractivity contribution in [2.24, 2.45) is 0 Å². The van der Waals surface area contributed by atoms with Crippen LogP contribution in [0.15, 0.2) is 133 Å². The molecule has 0 unspecified atom stereocenters. The zero-order valence-corrected chi connectivity index (χ0v) is 27.8. The van der Waals surface area contributed by atoms with E-state index in [1.165, 1.54) is 21.5 Å². The number of likely N-dealkylation sites (N-methyl/N-ethyl adjacent to an activating group) is 2. The molecule has 47 heavy (non-hydrogen) atoms. The molecule has 236 valence electrons. The third-order valence-corrected chi connectivity index (χ3v) is 8.48. The van der Waals surface area contributed by atoms with E-state index in [4.69, 9.17) is 14.0 Å². The van der Waals surface area contributed by atoms with Gasteiger partial charge in [-0.25, -0.2) is 0 Å². The van der Waals surface area contributed by atoms with Crippen LogP contribution < -0.4 is 26.6 Å². The normalized spacial score (nSPS) is 11.4. The first-order valence-corrected chi connectivity index (χ1v) is 16.3. The minimum absolute atomic E-state index is 0.324. The first-order chi connectivity index (χ1) is 23.0. The first kappa shape index (κ1) is 32.5. The molecule has 7 heteroatoms. The summed E-state index contributed by atoms with van der Waals surface area (Å²) in [6.07, 6.45) is 0. The van der Waals surface area contributed by atoms with E-state index in [9.17, 15) is 0 Å². The first-order valence-electron chi connectivity index (χ1n) is 16.3. The predicted molar refractivity (Wildman–Crippen MR) is 200 cm³/mol. The molecule has 0 heterocycles. The van der Waals surface area contributed by atoms with Crippen LogP contribution in [-0.2, 0) is 9.31 Å². The molecule has 0 amide bonds. The Labute approximate surface area is 279 Å². The van der Waals surface area contributed by atoms with Gasteiger partial charge in [-0.15, -0.1) is 0 Å². The summed E-state index contributed by atoms with van der Waals surface area (Å²) in [4.78, 5) is 4.28. The van der Waals surface area contributed by atoms with E-state index in [0.29, 0.717) is 13.2 Å². The summed E-state index contributed by atoms with van der Waals surface area (Å²) < 4.78 is 20.4. The Morgan fingerprint density at radius 2 is 0.787 bits per heavy atom.